The molecule has 0 unspecified atom stereocenters. The lowest BCUT2D eigenvalue weighted by Crippen LogP contribution is -2.70. The molecular weight excluding hydrogens is 480 g/mol. The van der Waals surface area contributed by atoms with Gasteiger partial charge in [0.15, 0.2) is 4.34 Å². The lowest BCUT2D eigenvalue weighted by molar-refractivity contribution is -0.150. The number of carbonyl (C=O) groups is 4. The number of nitrogens with one attached hydrogen (secondary N) is 1. The lowest BCUT2D eigenvalue weighted by atomic mass is 10.0. The summed E-state index contributed by atoms with van der Waals surface area (Å²) in [6.45, 7) is 1.71. The summed E-state index contributed by atoms with van der Waals surface area (Å²) in [6, 6.07) is 2.93. The first-order chi connectivity index (χ1) is 14.8. The number of hydrogen-bond donors (Lipinski definition) is 3. The number of thiophene rings is 1. The van der Waals surface area contributed by atoms with Crippen molar-refractivity contribution < 1.29 is 24.3 Å². The summed E-state index contributed by atoms with van der Waals surface area (Å²) in [5.74, 6) is -2.28. The Hall–Kier alpha value is -2.35. The minimum absolute atomic E-state index is 0.115. The predicted octanol–water partition coefficient (Wildman–Crippen LogP) is 1.64. The summed E-state index contributed by atoms with van der Waals surface area (Å²) in [7, 11) is 0. The monoisotopic (exact) mass is 496 g/mol. The average Bonchev–Trinajstić information content (AvgIpc) is 3.34. The number of thioether (sulfide) groups is 2. The first-order valence-corrected chi connectivity index (χ1v) is 12.5. The van der Waals surface area contributed by atoms with Gasteiger partial charge in [-0.05, 0) is 18.4 Å². The van der Waals surface area contributed by atoms with Crippen molar-refractivity contribution in [3.8, 4) is 0 Å². The molecule has 2 aromatic rings. The topological polar surface area (TPSA) is 143 Å². The molecule has 3 amide bonds. The molecule has 4 heterocycles. The molecule has 0 saturated carbocycles. The number of β-lactam (4-membered cyclic amide) rings is 1. The van der Waals surface area contributed by atoms with Gasteiger partial charge in [0, 0.05) is 20.4 Å². The van der Waals surface area contributed by atoms with E-state index in [2.05, 4.69) is 10.3 Å². The van der Waals surface area contributed by atoms with Crippen molar-refractivity contribution in [1.82, 2.24) is 15.2 Å². The van der Waals surface area contributed by atoms with Crippen molar-refractivity contribution >= 4 is 69.9 Å². The van der Waals surface area contributed by atoms with Crippen LogP contribution >= 0.6 is 46.2 Å². The van der Waals surface area contributed by atoms with Gasteiger partial charge in [-0.15, -0.1) is 34.4 Å². The molecule has 2 aromatic heterocycles. The molecule has 2 aliphatic rings. The Bertz CT molecular complexity index is 1110. The Balaban J connectivity index is 1.51. The number of aromatic nitrogens is 1. The van der Waals surface area contributed by atoms with Crippen LogP contribution in [0.2, 0.25) is 0 Å². The van der Waals surface area contributed by atoms with Crippen LogP contribution in [-0.4, -0.2) is 55.8 Å². The number of fused-ring (bicyclic) bond motifs is 1. The van der Waals surface area contributed by atoms with E-state index in [9.17, 15) is 24.3 Å². The molecule has 0 spiro atoms. The first kappa shape index (κ1) is 21.9. The molecule has 0 radical (unpaired) electrons. The van der Waals surface area contributed by atoms with Crippen molar-refractivity contribution in [2.45, 2.75) is 29.1 Å². The van der Waals surface area contributed by atoms with Crippen molar-refractivity contribution in [2.24, 2.45) is 5.73 Å². The third-order valence-electron chi connectivity index (χ3n) is 4.59. The normalized spacial score (nSPS) is 20.3. The zero-order valence-electron chi connectivity index (χ0n) is 16.0. The predicted molar refractivity (Wildman–Crippen MR) is 119 cm³/mol. The average molecular weight is 497 g/mol. The number of hydrogen-bond acceptors (Lipinski definition) is 9. The molecule has 0 aliphatic carbocycles. The number of aliphatic carboxylic acids is 1. The van der Waals surface area contributed by atoms with E-state index < -0.39 is 29.2 Å². The zero-order valence-corrected chi connectivity index (χ0v) is 19.3. The van der Waals surface area contributed by atoms with Gasteiger partial charge in [-0.3, -0.25) is 19.3 Å². The highest BCUT2D eigenvalue weighted by molar-refractivity contribution is 8.07. The number of thiazole rings is 1. The lowest BCUT2D eigenvalue weighted by Gasteiger charge is -2.49. The van der Waals surface area contributed by atoms with E-state index in [0.29, 0.717) is 19.9 Å². The molecule has 4 N–H and O–H groups in total. The van der Waals surface area contributed by atoms with E-state index in [1.54, 1.807) is 6.92 Å². The van der Waals surface area contributed by atoms with E-state index in [-0.39, 0.29) is 23.7 Å². The Morgan fingerprint density at radius 2 is 2.19 bits per heavy atom. The molecule has 31 heavy (non-hydrogen) atoms. The Kier molecular flexibility index (Phi) is 6.10. The number of nitrogens with zero attached hydrogens (tertiary/aromatic N) is 2. The minimum atomic E-state index is -1.23. The molecule has 2 aliphatic heterocycles. The number of primary amides is 1. The second-order valence-electron chi connectivity index (χ2n) is 6.64. The van der Waals surface area contributed by atoms with E-state index in [1.165, 1.54) is 39.3 Å². The Labute approximate surface area is 193 Å². The maximum Gasteiger partial charge on any atom is 0.353 e. The third kappa shape index (κ3) is 4.22. The van der Waals surface area contributed by atoms with Crippen molar-refractivity contribution in [3.63, 3.8) is 0 Å². The molecule has 1 saturated heterocycles. The smallest absolute Gasteiger partial charge is 0.353 e. The molecule has 9 nitrogen and oxygen atoms in total. The van der Waals surface area contributed by atoms with Gasteiger partial charge in [-0.2, -0.15) is 0 Å². The number of rotatable bonds is 7. The largest absolute Gasteiger partial charge is 0.477 e. The number of carboxylic acid groups (broad SMARTS) is 1. The minimum Gasteiger partial charge on any atom is -0.477 e. The highest BCUT2D eigenvalue weighted by atomic mass is 32.2. The summed E-state index contributed by atoms with van der Waals surface area (Å²) in [6.07, 6.45) is 0.174. The third-order valence-corrected chi connectivity index (χ3v) is 9.04. The van der Waals surface area contributed by atoms with Crippen molar-refractivity contribution in [2.75, 3.05) is 5.75 Å². The van der Waals surface area contributed by atoms with E-state index >= 15 is 0 Å². The second-order valence-corrected chi connectivity index (χ2v) is 11.3. The molecule has 162 valence electrons. The number of amides is 3. The van der Waals surface area contributed by atoms with E-state index in [0.717, 1.165) is 16.6 Å². The fourth-order valence-electron chi connectivity index (χ4n) is 3.21. The number of aryl methyl sites for hydroxylation is 1. The second kappa shape index (κ2) is 8.65. The SMILES string of the molecule is Cc1sc(SC2=C(C(=O)O)N3C(=O)[C@@H](NC(=O)Cc4cccs4)[C@@H]3SC2)nc1C(N)=O. The van der Waals surface area contributed by atoms with Crippen LogP contribution < -0.4 is 11.1 Å². The molecule has 0 bridgehead atoms. The van der Waals surface area contributed by atoms with E-state index in [4.69, 9.17) is 5.73 Å². The van der Waals surface area contributed by atoms with Gasteiger partial charge in [0.2, 0.25) is 5.91 Å². The Morgan fingerprint density at radius 1 is 1.42 bits per heavy atom. The molecular formula is C18H16N4O5S4. The van der Waals surface area contributed by atoms with Gasteiger partial charge in [0.05, 0.1) is 6.42 Å². The van der Waals surface area contributed by atoms with Crippen LogP contribution in [-0.2, 0) is 20.8 Å². The molecule has 4 rings (SSSR count). The van der Waals surface area contributed by atoms with E-state index in [1.807, 2.05) is 17.5 Å². The van der Waals surface area contributed by atoms with Gasteiger partial charge >= 0.3 is 5.97 Å². The van der Waals surface area contributed by atoms with Crippen LogP contribution in [0.15, 0.2) is 32.5 Å². The summed E-state index contributed by atoms with van der Waals surface area (Å²) in [4.78, 5) is 55.8. The van der Waals surface area contributed by atoms with Gasteiger partial charge in [0.25, 0.3) is 11.8 Å². The number of carboxylic acids is 1. The van der Waals surface area contributed by atoms with Gasteiger partial charge in [-0.25, -0.2) is 9.78 Å². The van der Waals surface area contributed by atoms with Gasteiger partial charge in [0.1, 0.15) is 22.8 Å². The maximum atomic E-state index is 12.7. The summed E-state index contributed by atoms with van der Waals surface area (Å²) < 4.78 is 0.480. The molecule has 1 fully saturated rings. The summed E-state index contributed by atoms with van der Waals surface area (Å²) in [5, 5.41) is 13.9. The van der Waals surface area contributed by atoms with Crippen molar-refractivity contribution in [1.29, 1.82) is 0 Å². The van der Waals surface area contributed by atoms with Crippen molar-refractivity contribution in [3.05, 3.63) is 43.6 Å². The van der Waals surface area contributed by atoms with Gasteiger partial charge in [-0.1, -0.05) is 17.8 Å². The van der Waals surface area contributed by atoms with Crippen LogP contribution in [0.1, 0.15) is 20.2 Å². The van der Waals surface area contributed by atoms with Crippen LogP contribution in [0.5, 0.6) is 0 Å². The summed E-state index contributed by atoms with van der Waals surface area (Å²) >= 11 is 5.18. The fraction of sp³-hybridized carbons (Fsp3) is 0.278. The first-order valence-electron chi connectivity index (χ1n) is 8.94. The maximum absolute atomic E-state index is 12.7. The zero-order chi connectivity index (χ0) is 22.3. The number of carbonyl (C=O) groups excluding carboxylic acids is 3. The molecule has 13 heteroatoms. The molecule has 0 aromatic carbocycles. The van der Waals surface area contributed by atoms with Crippen LogP contribution in [0.25, 0.3) is 0 Å². The van der Waals surface area contributed by atoms with Crippen LogP contribution in [0.3, 0.4) is 0 Å². The highest BCUT2D eigenvalue weighted by Crippen LogP contribution is 2.46. The quantitative estimate of drug-likeness (QED) is 0.491. The van der Waals surface area contributed by atoms with Gasteiger partial charge < -0.3 is 16.2 Å². The van der Waals surface area contributed by atoms with Crippen LogP contribution in [0.4, 0.5) is 0 Å². The summed E-state index contributed by atoms with van der Waals surface area (Å²) in [5.41, 5.74) is 5.34. The Morgan fingerprint density at radius 3 is 2.81 bits per heavy atom. The molecule has 2 atom stereocenters. The standard InChI is InChI=1S/C18H16N4O5S4/c1-7-11(14(19)24)21-18(30-7)31-9-6-29-16-12(15(25)22(16)13(9)17(26)27)20-10(23)5-8-3-2-4-28-8/h2-4,12,16H,5-6H2,1H3,(H2,19,24)(H,20,23)(H,26,27)/t12-,16+/m1/s1. The number of nitrogens with two attached hydrogens (primary N) is 1. The fourth-order valence-corrected chi connectivity index (χ4v) is 7.67. The van der Waals surface area contributed by atoms with Crippen LogP contribution in [0, 0.1) is 6.92 Å². The highest BCUT2D eigenvalue weighted by Gasteiger charge is 2.54.